The average molecular weight is 348 g/mol. The molecule has 2 amide bonds. The first-order valence-corrected chi connectivity index (χ1v) is 9.08. The quantitative estimate of drug-likeness (QED) is 0.846. The number of piperidine rings is 1. The second-order valence-electron chi connectivity index (χ2n) is 8.16. The molecule has 0 aliphatic carbocycles. The lowest BCUT2D eigenvalue weighted by atomic mass is 9.98. The van der Waals surface area contributed by atoms with Crippen LogP contribution in [0.4, 0.5) is 4.79 Å². The highest BCUT2D eigenvalue weighted by Crippen LogP contribution is 2.25. The predicted molar refractivity (Wildman–Crippen MR) is 93.2 cm³/mol. The molecular formula is C18H28N4O3. The minimum atomic E-state index is -0.531. The summed E-state index contributed by atoms with van der Waals surface area (Å²) >= 11 is 0. The number of aromatic amines is 1. The lowest BCUT2D eigenvalue weighted by molar-refractivity contribution is 0.0221. The fourth-order valence-corrected chi connectivity index (χ4v) is 3.32. The lowest BCUT2D eigenvalue weighted by Gasteiger charge is -2.31. The zero-order chi connectivity index (χ0) is 18.2. The fourth-order valence-electron chi connectivity index (χ4n) is 3.32. The van der Waals surface area contributed by atoms with Crippen molar-refractivity contribution in [1.29, 1.82) is 0 Å². The van der Waals surface area contributed by atoms with E-state index in [2.05, 4.69) is 17.1 Å². The number of aromatic nitrogens is 2. The highest BCUT2D eigenvalue weighted by molar-refractivity contribution is 5.94. The van der Waals surface area contributed by atoms with Gasteiger partial charge in [0.15, 0.2) is 5.69 Å². The van der Waals surface area contributed by atoms with E-state index in [1.165, 1.54) is 0 Å². The molecule has 0 bridgehead atoms. The normalized spacial score (nSPS) is 18.9. The van der Waals surface area contributed by atoms with Gasteiger partial charge in [-0.05, 0) is 39.5 Å². The average Bonchev–Trinajstić information content (AvgIpc) is 2.96. The molecule has 1 fully saturated rings. The van der Waals surface area contributed by atoms with Gasteiger partial charge in [-0.2, -0.15) is 5.10 Å². The molecule has 1 aromatic rings. The number of carbonyl (C=O) groups is 2. The number of rotatable bonds is 1. The van der Waals surface area contributed by atoms with Crippen molar-refractivity contribution >= 4 is 12.0 Å². The summed E-state index contributed by atoms with van der Waals surface area (Å²) in [7, 11) is 0. The number of nitrogens with one attached hydrogen (secondary N) is 1. The maximum absolute atomic E-state index is 12.9. The third-order valence-corrected chi connectivity index (χ3v) is 4.86. The number of carbonyl (C=O) groups excluding carboxylic acids is 2. The van der Waals surface area contributed by atoms with E-state index in [9.17, 15) is 9.59 Å². The lowest BCUT2D eigenvalue weighted by Crippen LogP contribution is -2.41. The molecule has 25 heavy (non-hydrogen) atoms. The number of hydrogen-bond donors (Lipinski definition) is 1. The summed E-state index contributed by atoms with van der Waals surface area (Å²) in [5.41, 5.74) is 1.71. The smallest absolute Gasteiger partial charge is 0.410 e. The zero-order valence-electron chi connectivity index (χ0n) is 15.6. The molecule has 1 saturated heterocycles. The Labute approximate surface area is 148 Å². The van der Waals surface area contributed by atoms with Gasteiger partial charge in [0.05, 0.1) is 6.54 Å². The minimum Gasteiger partial charge on any atom is -0.444 e. The number of H-pyrrole nitrogens is 1. The Morgan fingerprint density at radius 1 is 1.16 bits per heavy atom. The topological polar surface area (TPSA) is 78.5 Å². The van der Waals surface area contributed by atoms with E-state index in [4.69, 9.17) is 4.74 Å². The third-order valence-electron chi connectivity index (χ3n) is 4.86. The zero-order valence-corrected chi connectivity index (χ0v) is 15.6. The molecule has 7 nitrogen and oxygen atoms in total. The Hall–Kier alpha value is -2.05. The van der Waals surface area contributed by atoms with Crippen LogP contribution < -0.4 is 0 Å². The van der Waals surface area contributed by atoms with Crippen molar-refractivity contribution in [3.8, 4) is 0 Å². The largest absolute Gasteiger partial charge is 0.444 e. The maximum atomic E-state index is 12.9. The molecule has 3 rings (SSSR count). The molecule has 0 radical (unpaired) electrons. The van der Waals surface area contributed by atoms with Gasteiger partial charge >= 0.3 is 6.09 Å². The number of ether oxygens (including phenoxy) is 1. The number of nitrogens with zero attached hydrogens (tertiary/aromatic N) is 3. The number of fused-ring (bicyclic) bond motifs is 1. The van der Waals surface area contributed by atoms with Gasteiger partial charge in [0, 0.05) is 37.3 Å². The minimum absolute atomic E-state index is 0.0320. The summed E-state index contributed by atoms with van der Waals surface area (Å²) in [5.74, 6) is 0.634. The number of amides is 2. The van der Waals surface area contributed by atoms with E-state index < -0.39 is 5.60 Å². The van der Waals surface area contributed by atoms with Crippen molar-refractivity contribution in [3.63, 3.8) is 0 Å². The van der Waals surface area contributed by atoms with E-state index in [0.29, 0.717) is 31.1 Å². The summed E-state index contributed by atoms with van der Waals surface area (Å²) in [4.78, 5) is 28.7. The molecule has 0 saturated carbocycles. The van der Waals surface area contributed by atoms with Crippen LogP contribution in [-0.2, 0) is 17.7 Å². The molecule has 0 unspecified atom stereocenters. The Morgan fingerprint density at radius 2 is 1.84 bits per heavy atom. The first-order valence-electron chi connectivity index (χ1n) is 9.08. The van der Waals surface area contributed by atoms with Crippen LogP contribution in [0.5, 0.6) is 0 Å². The first-order chi connectivity index (χ1) is 11.7. The summed E-state index contributed by atoms with van der Waals surface area (Å²) in [6.45, 7) is 10.3. The van der Waals surface area contributed by atoms with E-state index in [1.807, 2.05) is 25.7 Å². The van der Waals surface area contributed by atoms with Crippen LogP contribution in [0.3, 0.4) is 0 Å². The van der Waals surface area contributed by atoms with Crippen LogP contribution in [-0.4, -0.2) is 57.2 Å². The van der Waals surface area contributed by atoms with Gasteiger partial charge in [-0.1, -0.05) is 6.92 Å². The van der Waals surface area contributed by atoms with E-state index >= 15 is 0 Å². The van der Waals surface area contributed by atoms with Crippen LogP contribution in [0.15, 0.2) is 0 Å². The molecule has 0 aromatic carbocycles. The van der Waals surface area contributed by atoms with Crippen molar-refractivity contribution in [2.24, 2.45) is 5.92 Å². The number of hydrogen-bond acceptors (Lipinski definition) is 4. The second-order valence-corrected chi connectivity index (χ2v) is 8.16. The van der Waals surface area contributed by atoms with E-state index in [1.54, 1.807) is 4.90 Å². The van der Waals surface area contributed by atoms with Crippen LogP contribution in [0.1, 0.15) is 62.3 Å². The Morgan fingerprint density at radius 3 is 2.48 bits per heavy atom. The first kappa shape index (κ1) is 17.8. The predicted octanol–water partition coefficient (Wildman–Crippen LogP) is 2.58. The van der Waals surface area contributed by atoms with E-state index in [0.717, 1.165) is 37.2 Å². The summed E-state index contributed by atoms with van der Waals surface area (Å²) in [5, 5.41) is 7.25. The van der Waals surface area contributed by atoms with Gasteiger partial charge in [0.2, 0.25) is 0 Å². The summed E-state index contributed by atoms with van der Waals surface area (Å²) in [6, 6.07) is 0. The molecule has 3 heterocycles. The van der Waals surface area contributed by atoms with Gasteiger partial charge in [-0.3, -0.25) is 9.89 Å². The molecule has 0 spiro atoms. The third kappa shape index (κ3) is 3.96. The molecule has 7 heteroatoms. The Bertz CT molecular complexity index is 654. The SMILES string of the molecule is CC1CCN(C(=O)c2n[nH]c3c2CN(C(=O)OC(C)(C)C)CC3)CC1. The molecule has 2 aliphatic heterocycles. The van der Waals surface area contributed by atoms with Crippen molar-refractivity contribution in [1.82, 2.24) is 20.0 Å². The maximum Gasteiger partial charge on any atom is 0.410 e. The van der Waals surface area contributed by atoms with Crippen molar-refractivity contribution in [2.45, 2.75) is 59.1 Å². The van der Waals surface area contributed by atoms with Gasteiger partial charge in [0.25, 0.3) is 5.91 Å². The van der Waals surface area contributed by atoms with Gasteiger partial charge in [0.1, 0.15) is 5.60 Å². The second kappa shape index (κ2) is 6.69. The van der Waals surface area contributed by atoms with Crippen molar-refractivity contribution < 1.29 is 14.3 Å². The van der Waals surface area contributed by atoms with Crippen LogP contribution in [0.25, 0.3) is 0 Å². The molecule has 138 valence electrons. The fraction of sp³-hybridized carbons (Fsp3) is 0.722. The Kier molecular flexibility index (Phi) is 4.75. The van der Waals surface area contributed by atoms with E-state index in [-0.39, 0.29) is 12.0 Å². The summed E-state index contributed by atoms with van der Waals surface area (Å²) < 4.78 is 5.46. The molecule has 1 aromatic heterocycles. The van der Waals surface area contributed by atoms with Crippen LogP contribution >= 0.6 is 0 Å². The van der Waals surface area contributed by atoms with Crippen molar-refractivity contribution in [2.75, 3.05) is 19.6 Å². The highest BCUT2D eigenvalue weighted by atomic mass is 16.6. The molecule has 1 N–H and O–H groups in total. The Balaban J connectivity index is 1.73. The van der Waals surface area contributed by atoms with Crippen LogP contribution in [0.2, 0.25) is 0 Å². The van der Waals surface area contributed by atoms with Gasteiger partial charge in [-0.15, -0.1) is 0 Å². The highest BCUT2D eigenvalue weighted by Gasteiger charge is 2.32. The van der Waals surface area contributed by atoms with Gasteiger partial charge in [-0.25, -0.2) is 4.79 Å². The molecular weight excluding hydrogens is 320 g/mol. The van der Waals surface area contributed by atoms with Gasteiger partial charge < -0.3 is 14.5 Å². The van der Waals surface area contributed by atoms with Crippen LogP contribution in [0, 0.1) is 5.92 Å². The molecule has 2 aliphatic rings. The number of likely N-dealkylation sites (tertiary alicyclic amines) is 1. The molecule has 0 atom stereocenters. The summed E-state index contributed by atoms with van der Waals surface area (Å²) in [6.07, 6.45) is 2.38. The standard InChI is InChI=1S/C18H28N4O3/c1-12-5-8-21(9-6-12)16(23)15-13-11-22(10-7-14(13)19-20-15)17(24)25-18(2,3)4/h12H,5-11H2,1-4H3,(H,19,20). The van der Waals surface area contributed by atoms with Crippen molar-refractivity contribution in [3.05, 3.63) is 17.0 Å². The monoisotopic (exact) mass is 348 g/mol.